The number of nitrogens with one attached hydrogen (secondary N) is 1. The summed E-state index contributed by atoms with van der Waals surface area (Å²) in [5.74, 6) is 1.54. The van der Waals surface area contributed by atoms with E-state index in [0.29, 0.717) is 30.3 Å². The summed E-state index contributed by atoms with van der Waals surface area (Å²) in [5.41, 5.74) is 0.598. The lowest BCUT2D eigenvalue weighted by molar-refractivity contribution is 0.0697. The quantitative estimate of drug-likeness (QED) is 0.800. The van der Waals surface area contributed by atoms with Crippen LogP contribution in [0.3, 0.4) is 0 Å². The molecule has 1 fully saturated rings. The summed E-state index contributed by atoms with van der Waals surface area (Å²) in [4.78, 5) is 18.5. The lowest BCUT2D eigenvalue weighted by Crippen LogP contribution is -2.37. The number of rotatable bonds is 6. The van der Waals surface area contributed by atoms with Gasteiger partial charge in [-0.25, -0.2) is 13.4 Å². The van der Waals surface area contributed by atoms with Crippen LogP contribution < -0.4 is 5.32 Å². The van der Waals surface area contributed by atoms with Crippen LogP contribution in [0, 0.1) is 5.92 Å². The van der Waals surface area contributed by atoms with Gasteiger partial charge in [-0.1, -0.05) is 6.92 Å². The van der Waals surface area contributed by atoms with E-state index in [1.165, 1.54) is 6.26 Å². The molecule has 1 aromatic rings. The highest BCUT2D eigenvalue weighted by molar-refractivity contribution is 7.90. The summed E-state index contributed by atoms with van der Waals surface area (Å²) in [7, 11) is -2.92. The van der Waals surface area contributed by atoms with E-state index in [-0.39, 0.29) is 11.7 Å². The Hall–Kier alpha value is -1.63. The summed E-state index contributed by atoms with van der Waals surface area (Å²) < 4.78 is 22.1. The fourth-order valence-corrected chi connectivity index (χ4v) is 3.24. The predicted octanol–water partition coefficient (Wildman–Crippen LogP) is 1.80. The van der Waals surface area contributed by atoms with Crippen molar-refractivity contribution in [2.45, 2.75) is 26.2 Å². The van der Waals surface area contributed by atoms with Crippen molar-refractivity contribution in [3.63, 3.8) is 0 Å². The average Bonchev–Trinajstić information content (AvgIpc) is 2.51. The third-order valence-corrected chi connectivity index (χ3v) is 5.11. The summed E-state index contributed by atoms with van der Waals surface area (Å²) in [6.45, 7) is 4.38. The Bertz CT molecular complexity index is 620. The molecule has 0 saturated carbocycles. The van der Waals surface area contributed by atoms with E-state index in [0.717, 1.165) is 25.9 Å². The van der Waals surface area contributed by atoms with E-state index in [2.05, 4.69) is 17.2 Å². The molecule has 0 radical (unpaired) electrons. The van der Waals surface area contributed by atoms with Crippen LogP contribution in [-0.2, 0) is 9.84 Å². The molecule has 7 heteroatoms. The molecule has 23 heavy (non-hydrogen) atoms. The minimum Gasteiger partial charge on any atom is -0.370 e. The van der Waals surface area contributed by atoms with Gasteiger partial charge in [-0.3, -0.25) is 4.79 Å². The molecule has 1 aliphatic heterocycles. The number of likely N-dealkylation sites (tertiary alicyclic amines) is 1. The van der Waals surface area contributed by atoms with Gasteiger partial charge in [0.05, 0.1) is 11.3 Å². The second-order valence-electron chi connectivity index (χ2n) is 6.32. The smallest absolute Gasteiger partial charge is 0.255 e. The molecule has 2 rings (SSSR count). The summed E-state index contributed by atoms with van der Waals surface area (Å²) >= 11 is 0. The van der Waals surface area contributed by atoms with Crippen molar-refractivity contribution in [2.75, 3.05) is 37.0 Å². The molecular weight excluding hydrogens is 314 g/mol. The monoisotopic (exact) mass is 339 g/mol. The van der Waals surface area contributed by atoms with Crippen LogP contribution in [0.2, 0.25) is 0 Å². The number of hydrogen-bond acceptors (Lipinski definition) is 5. The van der Waals surface area contributed by atoms with Gasteiger partial charge in [0.2, 0.25) is 0 Å². The molecule has 0 bridgehead atoms. The zero-order valence-corrected chi connectivity index (χ0v) is 14.6. The maximum Gasteiger partial charge on any atom is 0.255 e. The van der Waals surface area contributed by atoms with E-state index >= 15 is 0 Å². The maximum absolute atomic E-state index is 12.4. The summed E-state index contributed by atoms with van der Waals surface area (Å²) in [6.07, 6.45) is 5.46. The normalized spacial score (nSPS) is 16.3. The van der Waals surface area contributed by atoms with E-state index in [1.54, 1.807) is 18.3 Å². The van der Waals surface area contributed by atoms with E-state index < -0.39 is 9.84 Å². The number of piperidine rings is 1. The van der Waals surface area contributed by atoms with Crippen LogP contribution in [0.4, 0.5) is 5.82 Å². The van der Waals surface area contributed by atoms with Crippen molar-refractivity contribution in [1.29, 1.82) is 0 Å². The van der Waals surface area contributed by atoms with Crippen molar-refractivity contribution in [2.24, 2.45) is 5.92 Å². The zero-order valence-electron chi connectivity index (χ0n) is 13.8. The van der Waals surface area contributed by atoms with Gasteiger partial charge < -0.3 is 10.2 Å². The van der Waals surface area contributed by atoms with E-state index in [9.17, 15) is 13.2 Å². The third-order valence-electron chi connectivity index (χ3n) is 4.08. The van der Waals surface area contributed by atoms with Gasteiger partial charge in [0, 0.05) is 32.1 Å². The molecule has 1 N–H and O–H groups in total. The fourth-order valence-electron chi connectivity index (χ4n) is 2.57. The second-order valence-corrected chi connectivity index (χ2v) is 8.58. The summed E-state index contributed by atoms with van der Waals surface area (Å²) in [5, 5.41) is 3.07. The summed E-state index contributed by atoms with van der Waals surface area (Å²) in [6, 6.07) is 3.53. The fraction of sp³-hybridized carbons (Fsp3) is 0.625. The van der Waals surface area contributed by atoms with Crippen LogP contribution in [0.1, 0.15) is 36.5 Å². The molecule has 2 heterocycles. The Balaban J connectivity index is 1.83. The van der Waals surface area contributed by atoms with Crippen molar-refractivity contribution in [1.82, 2.24) is 9.88 Å². The first-order valence-corrected chi connectivity index (χ1v) is 10.1. The lowest BCUT2D eigenvalue weighted by atomic mass is 9.99. The molecule has 0 atom stereocenters. The average molecular weight is 339 g/mol. The van der Waals surface area contributed by atoms with Crippen LogP contribution in [0.25, 0.3) is 0 Å². The van der Waals surface area contributed by atoms with Crippen molar-refractivity contribution < 1.29 is 13.2 Å². The molecule has 0 spiro atoms. The molecule has 0 aliphatic carbocycles. The van der Waals surface area contributed by atoms with Crippen LogP contribution in [-0.4, -0.2) is 55.9 Å². The number of carbonyl (C=O) groups is 1. The van der Waals surface area contributed by atoms with Gasteiger partial charge in [0.25, 0.3) is 5.91 Å². The Labute approximate surface area is 138 Å². The van der Waals surface area contributed by atoms with Crippen molar-refractivity contribution in [3.8, 4) is 0 Å². The highest BCUT2D eigenvalue weighted by Crippen LogP contribution is 2.18. The largest absolute Gasteiger partial charge is 0.370 e. The van der Waals surface area contributed by atoms with Gasteiger partial charge in [-0.05, 0) is 37.3 Å². The molecule has 1 saturated heterocycles. The van der Waals surface area contributed by atoms with Gasteiger partial charge in [0.1, 0.15) is 15.7 Å². The first kappa shape index (κ1) is 17.7. The number of amides is 1. The highest BCUT2D eigenvalue weighted by atomic mass is 32.2. The molecule has 1 amide bonds. The van der Waals surface area contributed by atoms with Crippen LogP contribution in [0.15, 0.2) is 18.3 Å². The van der Waals surface area contributed by atoms with Gasteiger partial charge in [-0.2, -0.15) is 0 Å². The van der Waals surface area contributed by atoms with Gasteiger partial charge in [-0.15, -0.1) is 0 Å². The molecule has 128 valence electrons. The first-order chi connectivity index (χ1) is 10.8. The number of nitrogens with zero attached hydrogens (tertiary/aromatic N) is 2. The third kappa shape index (κ3) is 5.82. The SMILES string of the molecule is CC1CCN(C(=O)c2ccc(NCCCS(C)(=O)=O)nc2)CC1. The number of aromatic nitrogens is 1. The Morgan fingerprint density at radius 1 is 1.35 bits per heavy atom. The van der Waals surface area contributed by atoms with Crippen LogP contribution >= 0.6 is 0 Å². The second kappa shape index (κ2) is 7.77. The number of anilines is 1. The Kier molecular flexibility index (Phi) is 5.98. The highest BCUT2D eigenvalue weighted by Gasteiger charge is 2.21. The number of sulfone groups is 1. The van der Waals surface area contributed by atoms with E-state index in [1.807, 2.05) is 4.90 Å². The topological polar surface area (TPSA) is 79.4 Å². The minimum atomic E-state index is -2.92. The standard InChI is InChI=1S/C16H25N3O3S/c1-13-6-9-19(10-7-13)16(20)14-4-5-15(18-12-14)17-8-3-11-23(2,21)22/h4-5,12-13H,3,6-11H2,1-2H3,(H,17,18). The number of pyridine rings is 1. The molecule has 0 aromatic carbocycles. The maximum atomic E-state index is 12.4. The molecule has 0 unspecified atom stereocenters. The molecule has 1 aliphatic rings. The van der Waals surface area contributed by atoms with Crippen molar-refractivity contribution in [3.05, 3.63) is 23.9 Å². The predicted molar refractivity (Wildman–Crippen MR) is 91.4 cm³/mol. The minimum absolute atomic E-state index is 0.0352. The molecular formula is C16H25N3O3S. The van der Waals surface area contributed by atoms with E-state index in [4.69, 9.17) is 0 Å². The van der Waals surface area contributed by atoms with Gasteiger partial charge >= 0.3 is 0 Å². The molecule has 6 nitrogen and oxygen atoms in total. The van der Waals surface area contributed by atoms with Gasteiger partial charge in [0.15, 0.2) is 0 Å². The number of carbonyl (C=O) groups excluding carboxylic acids is 1. The Morgan fingerprint density at radius 3 is 2.61 bits per heavy atom. The van der Waals surface area contributed by atoms with Crippen molar-refractivity contribution >= 4 is 21.6 Å². The molecule has 1 aromatic heterocycles. The number of hydrogen-bond donors (Lipinski definition) is 1. The lowest BCUT2D eigenvalue weighted by Gasteiger charge is -2.30. The Morgan fingerprint density at radius 2 is 2.04 bits per heavy atom. The first-order valence-electron chi connectivity index (χ1n) is 8.02. The van der Waals surface area contributed by atoms with Crippen LogP contribution in [0.5, 0.6) is 0 Å². The zero-order chi connectivity index (χ0) is 16.9.